The lowest BCUT2D eigenvalue weighted by atomic mass is 10.0. The van der Waals surface area contributed by atoms with Gasteiger partial charge in [-0.1, -0.05) is 66.7 Å². The van der Waals surface area contributed by atoms with Gasteiger partial charge in [0.25, 0.3) is 0 Å². The molecule has 0 bridgehead atoms. The Morgan fingerprint density at radius 3 is 2.65 bits per heavy atom. The number of fused-ring (bicyclic) bond motifs is 2. The Hall–Kier alpha value is -3.95. The zero-order chi connectivity index (χ0) is 25.8. The van der Waals surface area contributed by atoms with Crippen LogP contribution in [0.1, 0.15) is 22.1 Å². The van der Waals surface area contributed by atoms with Gasteiger partial charge in [0.15, 0.2) is 5.13 Å². The largest absolute Gasteiger partial charge is 0.361 e. The van der Waals surface area contributed by atoms with Crippen LogP contribution in [0.15, 0.2) is 91.0 Å². The first-order valence-electron chi connectivity index (χ1n) is 11.8. The van der Waals surface area contributed by atoms with Crippen molar-refractivity contribution in [2.24, 2.45) is 0 Å². The van der Waals surface area contributed by atoms with Crippen molar-refractivity contribution in [3.05, 3.63) is 108 Å². The Kier molecular flexibility index (Phi) is 7.07. The third kappa shape index (κ3) is 5.42. The highest BCUT2D eigenvalue weighted by Gasteiger charge is 2.27. The van der Waals surface area contributed by atoms with Crippen molar-refractivity contribution in [2.45, 2.75) is 18.1 Å². The van der Waals surface area contributed by atoms with Crippen LogP contribution in [0.5, 0.6) is 0 Å². The molecule has 5 rings (SSSR count). The normalized spacial score (nSPS) is 12.4. The number of aromatic amines is 1. The highest BCUT2D eigenvalue weighted by Crippen LogP contribution is 2.32. The average molecular weight is 531 g/mol. The number of benzene rings is 3. The van der Waals surface area contributed by atoms with Crippen molar-refractivity contribution in [3.8, 4) is 0 Å². The summed E-state index contributed by atoms with van der Waals surface area (Å²) in [5, 5.41) is 6.82. The van der Waals surface area contributed by atoms with E-state index < -0.39 is 15.3 Å². The van der Waals surface area contributed by atoms with Crippen LogP contribution in [0, 0.1) is 0 Å². The number of H-pyrrole nitrogens is 1. The standard InChI is InChI=1S/C28H26N4O3S2/c1-2-26(24-12-7-9-19-8-3-4-10-22(19)24)37(34,35)32-28-31-21(18-36-28)16-27(33)29-15-14-20-17-30-25-13-6-5-11-23(20)25/h2-13,17-18,26,30H,1,14-16H2,(H,29,33)(H,31,32). The molecule has 0 saturated heterocycles. The predicted molar refractivity (Wildman–Crippen MR) is 150 cm³/mol. The molecule has 0 aliphatic rings. The lowest BCUT2D eigenvalue weighted by Gasteiger charge is -2.16. The van der Waals surface area contributed by atoms with Crippen LogP contribution < -0.4 is 10.0 Å². The van der Waals surface area contributed by atoms with E-state index in [9.17, 15) is 13.2 Å². The highest BCUT2D eigenvalue weighted by atomic mass is 32.2. The molecule has 3 N–H and O–H groups in total. The topological polar surface area (TPSA) is 104 Å². The lowest BCUT2D eigenvalue weighted by molar-refractivity contribution is -0.120. The molecule has 0 saturated carbocycles. The van der Waals surface area contributed by atoms with Gasteiger partial charge in [0.1, 0.15) is 5.25 Å². The van der Waals surface area contributed by atoms with E-state index in [1.165, 1.54) is 6.08 Å². The Morgan fingerprint density at radius 1 is 1.05 bits per heavy atom. The molecule has 0 fully saturated rings. The van der Waals surface area contributed by atoms with E-state index in [-0.39, 0.29) is 17.5 Å². The summed E-state index contributed by atoms with van der Waals surface area (Å²) in [7, 11) is -3.87. The molecular weight excluding hydrogens is 504 g/mol. The van der Waals surface area contributed by atoms with Crippen molar-refractivity contribution in [3.63, 3.8) is 0 Å². The van der Waals surface area contributed by atoms with Gasteiger partial charge in [-0.2, -0.15) is 0 Å². The van der Waals surface area contributed by atoms with E-state index in [4.69, 9.17) is 0 Å². The number of nitrogens with one attached hydrogen (secondary N) is 3. The minimum absolute atomic E-state index is 0.0698. The average Bonchev–Trinajstić information content (AvgIpc) is 3.50. The molecule has 2 heterocycles. The highest BCUT2D eigenvalue weighted by molar-refractivity contribution is 7.93. The second-order valence-electron chi connectivity index (χ2n) is 8.65. The molecule has 0 radical (unpaired) electrons. The summed E-state index contributed by atoms with van der Waals surface area (Å²) >= 11 is 1.15. The fourth-order valence-electron chi connectivity index (χ4n) is 4.44. The number of aromatic nitrogens is 2. The molecule has 9 heteroatoms. The first-order valence-corrected chi connectivity index (χ1v) is 14.2. The zero-order valence-electron chi connectivity index (χ0n) is 20.0. The van der Waals surface area contributed by atoms with E-state index in [0.717, 1.165) is 38.6 Å². The van der Waals surface area contributed by atoms with Crippen LogP contribution >= 0.6 is 11.3 Å². The molecule has 0 aliphatic carbocycles. The molecule has 7 nitrogen and oxygen atoms in total. The van der Waals surface area contributed by atoms with Gasteiger partial charge in [0.05, 0.1) is 12.1 Å². The molecule has 37 heavy (non-hydrogen) atoms. The maximum atomic E-state index is 13.3. The van der Waals surface area contributed by atoms with Gasteiger partial charge in [-0.3, -0.25) is 9.52 Å². The number of para-hydroxylation sites is 1. The number of hydrogen-bond acceptors (Lipinski definition) is 5. The van der Waals surface area contributed by atoms with Crippen LogP contribution in [-0.2, 0) is 27.7 Å². The van der Waals surface area contributed by atoms with Crippen LogP contribution in [0.2, 0.25) is 0 Å². The van der Waals surface area contributed by atoms with Crippen molar-refractivity contribution >= 4 is 54.1 Å². The summed E-state index contributed by atoms with van der Waals surface area (Å²) < 4.78 is 29.1. The van der Waals surface area contributed by atoms with E-state index in [0.29, 0.717) is 24.2 Å². The maximum Gasteiger partial charge on any atom is 0.245 e. The van der Waals surface area contributed by atoms with Gasteiger partial charge in [-0.25, -0.2) is 13.4 Å². The molecule has 3 aromatic carbocycles. The van der Waals surface area contributed by atoms with Gasteiger partial charge < -0.3 is 10.3 Å². The SMILES string of the molecule is C=CC(c1cccc2ccccc12)S(=O)(=O)Nc1nc(CC(=O)NCCc2c[nH]c3ccccc23)cs1. The molecule has 5 aromatic rings. The quantitative estimate of drug-likeness (QED) is 0.212. The van der Waals surface area contributed by atoms with E-state index >= 15 is 0 Å². The van der Waals surface area contributed by atoms with E-state index in [1.54, 1.807) is 11.4 Å². The fraction of sp³-hybridized carbons (Fsp3) is 0.143. The third-order valence-corrected chi connectivity index (χ3v) is 8.72. The Balaban J connectivity index is 1.21. The van der Waals surface area contributed by atoms with Crippen LogP contribution in [0.4, 0.5) is 5.13 Å². The van der Waals surface area contributed by atoms with E-state index in [1.807, 2.05) is 60.8 Å². The Morgan fingerprint density at radius 2 is 1.81 bits per heavy atom. The molecule has 0 aliphatic heterocycles. The number of thiazole rings is 1. The first-order chi connectivity index (χ1) is 17.9. The molecule has 1 amide bonds. The second-order valence-corrected chi connectivity index (χ2v) is 11.3. The smallest absolute Gasteiger partial charge is 0.245 e. The van der Waals surface area contributed by atoms with Gasteiger partial charge in [-0.15, -0.1) is 17.9 Å². The Bertz CT molecular complexity index is 1680. The molecule has 188 valence electrons. The first kappa shape index (κ1) is 24.7. The summed E-state index contributed by atoms with van der Waals surface area (Å²) in [5.41, 5.74) is 3.37. The summed E-state index contributed by atoms with van der Waals surface area (Å²) in [5.74, 6) is -0.167. The second kappa shape index (κ2) is 10.6. The van der Waals surface area contributed by atoms with Crippen LogP contribution in [0.25, 0.3) is 21.7 Å². The molecule has 1 atom stereocenters. The van der Waals surface area contributed by atoms with Crippen molar-refractivity contribution in [1.29, 1.82) is 0 Å². The van der Waals surface area contributed by atoms with Crippen LogP contribution in [-0.4, -0.2) is 30.8 Å². The molecular formula is C28H26N4O3S2. The number of rotatable bonds is 10. The molecule has 1 unspecified atom stereocenters. The van der Waals surface area contributed by atoms with Gasteiger partial charge in [0.2, 0.25) is 15.9 Å². The number of carbonyl (C=O) groups is 1. The molecule has 2 aromatic heterocycles. The summed E-state index contributed by atoms with van der Waals surface area (Å²) in [6, 6.07) is 21.2. The van der Waals surface area contributed by atoms with Gasteiger partial charge >= 0.3 is 0 Å². The number of hydrogen-bond donors (Lipinski definition) is 3. The summed E-state index contributed by atoms with van der Waals surface area (Å²) in [6.45, 7) is 4.27. The van der Waals surface area contributed by atoms with Gasteiger partial charge in [-0.05, 0) is 34.4 Å². The van der Waals surface area contributed by atoms with Crippen molar-refractivity contribution < 1.29 is 13.2 Å². The van der Waals surface area contributed by atoms with Crippen molar-refractivity contribution in [2.75, 3.05) is 11.3 Å². The lowest BCUT2D eigenvalue weighted by Crippen LogP contribution is -2.27. The fourth-order valence-corrected chi connectivity index (χ4v) is 6.75. The number of anilines is 1. The van der Waals surface area contributed by atoms with Crippen molar-refractivity contribution in [1.82, 2.24) is 15.3 Å². The molecule has 0 spiro atoms. The minimum Gasteiger partial charge on any atom is -0.361 e. The number of carbonyl (C=O) groups excluding carboxylic acids is 1. The zero-order valence-corrected chi connectivity index (χ0v) is 21.6. The predicted octanol–water partition coefficient (Wildman–Crippen LogP) is 5.35. The number of nitrogens with zero attached hydrogens (tertiary/aromatic N) is 1. The Labute approximate surface area is 219 Å². The van der Waals surface area contributed by atoms with E-state index in [2.05, 4.69) is 32.7 Å². The number of sulfonamides is 1. The maximum absolute atomic E-state index is 13.3. The van der Waals surface area contributed by atoms with Crippen LogP contribution in [0.3, 0.4) is 0 Å². The monoisotopic (exact) mass is 530 g/mol. The van der Waals surface area contributed by atoms with Gasteiger partial charge in [0, 0.05) is 29.0 Å². The number of amides is 1. The minimum atomic E-state index is -3.87. The summed E-state index contributed by atoms with van der Waals surface area (Å²) in [4.78, 5) is 20.0. The summed E-state index contributed by atoms with van der Waals surface area (Å²) in [6.07, 6.45) is 4.15. The third-order valence-electron chi connectivity index (χ3n) is 6.19.